The largest absolute Gasteiger partial charge is 0.511 e. The number of rotatable bonds is 3. The molecule has 21 heavy (non-hydrogen) atoms. The number of carbonyl (C=O) groups excluding carboxylic acids is 1. The number of ketones is 1. The van der Waals surface area contributed by atoms with E-state index in [2.05, 4.69) is 4.99 Å². The van der Waals surface area contributed by atoms with E-state index in [-0.39, 0.29) is 22.5 Å². The van der Waals surface area contributed by atoms with E-state index < -0.39 is 10.8 Å². The van der Waals surface area contributed by atoms with Crippen LogP contribution in [0.15, 0.2) is 45.5 Å². The highest BCUT2D eigenvalue weighted by Gasteiger charge is 2.32. The molecule has 112 valence electrons. The van der Waals surface area contributed by atoms with Crippen LogP contribution in [0.3, 0.4) is 0 Å². The summed E-state index contributed by atoms with van der Waals surface area (Å²) in [6.07, 6.45) is 3.93. The molecule has 1 aliphatic rings. The standard InChI is InChI=1S/C16H19NO3S/c1-16(2)8-14(18)13(15(19)9-16)10-17-11-4-6-12(7-5-11)21(3)20/h4-7,10,18H,8-9H2,1-3H3. The van der Waals surface area contributed by atoms with Crippen LogP contribution >= 0.6 is 0 Å². The molecule has 1 aromatic carbocycles. The molecule has 5 heteroatoms. The van der Waals surface area contributed by atoms with Crippen LogP contribution in [-0.4, -0.2) is 27.6 Å². The van der Waals surface area contributed by atoms with Crippen LogP contribution in [-0.2, 0) is 15.6 Å². The molecule has 0 spiro atoms. The number of hydrogen-bond acceptors (Lipinski definition) is 4. The molecule has 0 fully saturated rings. The molecule has 1 N–H and O–H groups in total. The summed E-state index contributed by atoms with van der Waals surface area (Å²) in [5.74, 6) is 0.0186. The second-order valence-electron chi connectivity index (χ2n) is 6.01. The summed E-state index contributed by atoms with van der Waals surface area (Å²) in [6.45, 7) is 3.91. The summed E-state index contributed by atoms with van der Waals surface area (Å²) in [4.78, 5) is 17.0. The molecular weight excluding hydrogens is 286 g/mol. The van der Waals surface area contributed by atoms with Crippen molar-refractivity contribution in [2.75, 3.05) is 6.26 Å². The molecule has 0 amide bonds. The average Bonchev–Trinajstić information content (AvgIpc) is 2.36. The number of Topliss-reactive ketones (excluding diaryl/α,β-unsaturated/α-hetero) is 1. The fourth-order valence-electron chi connectivity index (χ4n) is 2.31. The van der Waals surface area contributed by atoms with Crippen molar-refractivity contribution < 1.29 is 14.1 Å². The minimum absolute atomic E-state index is 0.0845. The lowest BCUT2D eigenvalue weighted by Gasteiger charge is -2.28. The molecular formula is C16H19NO3S. The molecule has 2 rings (SSSR count). The summed E-state index contributed by atoms with van der Waals surface area (Å²) in [7, 11) is -1.02. The summed E-state index contributed by atoms with van der Waals surface area (Å²) in [6, 6.07) is 6.95. The van der Waals surface area contributed by atoms with Gasteiger partial charge in [-0.15, -0.1) is 0 Å². The van der Waals surface area contributed by atoms with Gasteiger partial charge >= 0.3 is 0 Å². The molecule has 1 unspecified atom stereocenters. The first-order valence-electron chi connectivity index (χ1n) is 6.71. The zero-order valence-electron chi connectivity index (χ0n) is 12.4. The molecule has 4 nitrogen and oxygen atoms in total. The number of allylic oxidation sites excluding steroid dienone is 2. The van der Waals surface area contributed by atoms with Crippen molar-refractivity contribution in [2.45, 2.75) is 31.6 Å². The van der Waals surface area contributed by atoms with E-state index in [0.29, 0.717) is 18.5 Å². The first-order chi connectivity index (χ1) is 9.78. The Morgan fingerprint density at radius 1 is 1.24 bits per heavy atom. The summed E-state index contributed by atoms with van der Waals surface area (Å²) >= 11 is 0. The van der Waals surface area contributed by atoms with Gasteiger partial charge in [-0.1, -0.05) is 13.8 Å². The molecule has 1 aliphatic carbocycles. The van der Waals surface area contributed by atoms with Crippen LogP contribution in [0.5, 0.6) is 0 Å². The van der Waals surface area contributed by atoms with Gasteiger partial charge < -0.3 is 5.11 Å². The van der Waals surface area contributed by atoms with E-state index >= 15 is 0 Å². The minimum atomic E-state index is -1.02. The van der Waals surface area contributed by atoms with Gasteiger partial charge in [0.25, 0.3) is 0 Å². The Bertz CT molecular complexity index is 642. The molecule has 0 heterocycles. The van der Waals surface area contributed by atoms with Crippen LogP contribution in [0, 0.1) is 5.41 Å². The predicted octanol–water partition coefficient (Wildman–Crippen LogP) is 3.33. The summed E-state index contributed by atoms with van der Waals surface area (Å²) < 4.78 is 11.3. The lowest BCUT2D eigenvalue weighted by atomic mass is 9.77. The fraction of sp³-hybridized carbons (Fsp3) is 0.375. The minimum Gasteiger partial charge on any atom is -0.511 e. The van der Waals surface area contributed by atoms with Crippen molar-refractivity contribution in [1.82, 2.24) is 0 Å². The summed E-state index contributed by atoms with van der Waals surface area (Å²) in [5.41, 5.74) is 0.741. The van der Waals surface area contributed by atoms with E-state index in [9.17, 15) is 14.1 Å². The Morgan fingerprint density at radius 2 is 1.86 bits per heavy atom. The third-order valence-corrected chi connectivity index (χ3v) is 4.34. The van der Waals surface area contributed by atoms with E-state index in [1.807, 2.05) is 13.8 Å². The Labute approximate surface area is 127 Å². The monoisotopic (exact) mass is 305 g/mol. The molecule has 0 saturated carbocycles. The van der Waals surface area contributed by atoms with Crippen molar-refractivity contribution in [2.24, 2.45) is 10.4 Å². The maximum atomic E-state index is 12.0. The molecule has 1 atom stereocenters. The van der Waals surface area contributed by atoms with Crippen LogP contribution < -0.4 is 0 Å². The lowest BCUT2D eigenvalue weighted by Crippen LogP contribution is -2.26. The number of carbonyl (C=O) groups is 1. The van der Waals surface area contributed by atoms with Crippen LogP contribution in [0.25, 0.3) is 0 Å². The SMILES string of the molecule is CS(=O)c1ccc(N=CC2=C(O)CC(C)(C)CC2=O)cc1. The van der Waals surface area contributed by atoms with Gasteiger partial charge in [-0.05, 0) is 29.7 Å². The zero-order valence-corrected chi connectivity index (χ0v) is 13.2. The number of aliphatic imine (C=N–C) groups is 1. The van der Waals surface area contributed by atoms with Gasteiger partial charge in [-0.2, -0.15) is 0 Å². The number of hydrogen-bond donors (Lipinski definition) is 1. The quantitative estimate of drug-likeness (QED) is 0.871. The second-order valence-corrected chi connectivity index (χ2v) is 7.39. The molecule has 0 radical (unpaired) electrons. The maximum absolute atomic E-state index is 12.0. The van der Waals surface area contributed by atoms with Crippen molar-refractivity contribution in [3.05, 3.63) is 35.6 Å². The molecule has 0 aliphatic heterocycles. The highest BCUT2D eigenvalue weighted by Crippen LogP contribution is 2.35. The van der Waals surface area contributed by atoms with E-state index in [0.717, 1.165) is 4.90 Å². The van der Waals surface area contributed by atoms with E-state index in [1.54, 1.807) is 30.5 Å². The highest BCUT2D eigenvalue weighted by molar-refractivity contribution is 7.84. The van der Waals surface area contributed by atoms with Crippen LogP contribution in [0.1, 0.15) is 26.7 Å². The fourth-order valence-corrected chi connectivity index (χ4v) is 2.83. The van der Waals surface area contributed by atoms with E-state index in [4.69, 9.17) is 0 Å². The lowest BCUT2D eigenvalue weighted by molar-refractivity contribution is -0.117. The second kappa shape index (κ2) is 5.93. The smallest absolute Gasteiger partial charge is 0.168 e. The van der Waals surface area contributed by atoms with Gasteiger partial charge in [0.1, 0.15) is 5.76 Å². The number of aliphatic hydroxyl groups is 1. The van der Waals surface area contributed by atoms with Crippen LogP contribution in [0.2, 0.25) is 0 Å². The Kier molecular flexibility index (Phi) is 4.42. The van der Waals surface area contributed by atoms with Gasteiger partial charge in [0.05, 0.1) is 11.3 Å². The first kappa shape index (κ1) is 15.6. The highest BCUT2D eigenvalue weighted by atomic mass is 32.2. The Balaban J connectivity index is 2.21. The zero-order chi connectivity index (χ0) is 15.6. The summed E-state index contributed by atoms with van der Waals surface area (Å²) in [5, 5.41) is 10.00. The molecule has 1 aromatic rings. The van der Waals surface area contributed by atoms with Gasteiger partial charge in [0.15, 0.2) is 5.78 Å². The normalized spacial score (nSPS) is 20.0. The van der Waals surface area contributed by atoms with Gasteiger partial charge in [-0.25, -0.2) is 0 Å². The first-order valence-corrected chi connectivity index (χ1v) is 8.27. The third-order valence-electron chi connectivity index (χ3n) is 3.41. The van der Waals surface area contributed by atoms with Crippen molar-refractivity contribution >= 4 is 28.5 Å². The van der Waals surface area contributed by atoms with Crippen molar-refractivity contribution in [3.8, 4) is 0 Å². The number of benzene rings is 1. The number of aliphatic hydroxyl groups excluding tert-OH is 1. The van der Waals surface area contributed by atoms with Crippen LogP contribution in [0.4, 0.5) is 5.69 Å². The van der Waals surface area contributed by atoms with Gasteiger partial charge in [0.2, 0.25) is 0 Å². The third kappa shape index (κ3) is 3.88. The Morgan fingerprint density at radius 3 is 2.38 bits per heavy atom. The topological polar surface area (TPSA) is 66.7 Å². The number of nitrogens with zero attached hydrogens (tertiary/aromatic N) is 1. The average molecular weight is 305 g/mol. The van der Waals surface area contributed by atoms with Gasteiger partial charge in [-0.3, -0.25) is 14.0 Å². The van der Waals surface area contributed by atoms with Gasteiger partial charge in [0, 0.05) is 41.0 Å². The molecule has 0 bridgehead atoms. The van der Waals surface area contributed by atoms with E-state index in [1.165, 1.54) is 6.21 Å². The maximum Gasteiger partial charge on any atom is 0.168 e. The molecule has 0 saturated heterocycles. The van der Waals surface area contributed by atoms with Crippen molar-refractivity contribution in [3.63, 3.8) is 0 Å². The predicted molar refractivity (Wildman–Crippen MR) is 84.6 cm³/mol. The van der Waals surface area contributed by atoms with Crippen molar-refractivity contribution in [1.29, 1.82) is 0 Å². The molecule has 0 aromatic heterocycles. The Hall–Kier alpha value is -1.75.